The van der Waals surface area contributed by atoms with E-state index < -0.39 is 0 Å². The minimum atomic E-state index is -0.0661. The molecule has 58 heavy (non-hydrogen) atoms. The molecule has 1 unspecified atom stereocenters. The van der Waals surface area contributed by atoms with Crippen LogP contribution in [-0.4, -0.2) is 14.1 Å². The fraction of sp³-hybridized carbons (Fsp3) is 0.0196. The number of nitrogens with zero attached hydrogens (tertiary/aromatic N) is 5. The van der Waals surface area contributed by atoms with Gasteiger partial charge >= 0.3 is 14.1 Å². The van der Waals surface area contributed by atoms with Crippen LogP contribution in [-0.2, 0) is 0 Å². The number of para-hydroxylation sites is 4. The van der Waals surface area contributed by atoms with Crippen LogP contribution >= 0.6 is 0 Å². The predicted octanol–water partition coefficient (Wildman–Crippen LogP) is 13.0. The Hall–Kier alpha value is -7.37. The maximum Gasteiger partial charge on any atom is 0.519 e. The highest BCUT2D eigenvalue weighted by Gasteiger charge is 2.56. The number of anilines is 10. The summed E-state index contributed by atoms with van der Waals surface area (Å²) in [4.78, 5) is 13.1. The second-order valence-electron chi connectivity index (χ2n) is 16.8. The van der Waals surface area contributed by atoms with Crippen molar-refractivity contribution in [1.82, 2.24) is 0 Å². The zero-order valence-electron chi connectivity index (χ0n) is 31.1. The van der Waals surface area contributed by atoms with Crippen molar-refractivity contribution < 1.29 is 0 Å². The van der Waals surface area contributed by atoms with Gasteiger partial charge in [0.15, 0.2) is 0 Å². The van der Waals surface area contributed by atoms with Crippen LogP contribution in [0, 0.1) is 0 Å². The van der Waals surface area contributed by atoms with E-state index in [9.17, 15) is 0 Å². The lowest BCUT2D eigenvalue weighted by atomic mass is 9.49. The summed E-state index contributed by atoms with van der Waals surface area (Å²) in [6.45, 7) is 0.0939. The average molecular weight is 733 g/mol. The Balaban J connectivity index is 1.06. The van der Waals surface area contributed by atoms with Crippen LogP contribution in [0.2, 0.25) is 0 Å². The Bertz CT molecular complexity index is 3380. The average Bonchev–Trinajstić information content (AvgIpc) is 3.80. The van der Waals surface area contributed by atoms with E-state index in [0.29, 0.717) is 0 Å². The molecule has 0 fully saturated rings. The molecule has 6 aliphatic rings. The molecule has 0 saturated carbocycles. The van der Waals surface area contributed by atoms with Crippen LogP contribution in [0.5, 0.6) is 0 Å². The molecule has 0 radical (unpaired) electrons. The standard InChI is InChI=1S/C51H29B2N5/c1-2-20-37-36(19-1)54-40-23-6-12-29-11-5-17-34(47(29)40)51-35-18-9-15-32-46-31(27-44(49(32)35)55(37)52(51)54)28-45-50-33(46)16-10-26-43(50)58-42-25-8-14-30-13-7-24-41(48(30)42)56-38-21-3-4-22-39(38)57(45)53(56)58/h1-28,51H. The molecule has 6 heterocycles. The summed E-state index contributed by atoms with van der Waals surface area (Å²) in [7, 11) is -0.0661. The van der Waals surface area contributed by atoms with Crippen molar-refractivity contribution >= 4 is 125 Å². The van der Waals surface area contributed by atoms with Gasteiger partial charge in [0.25, 0.3) is 0 Å². The molecule has 10 aromatic carbocycles. The number of hydrogen-bond acceptors (Lipinski definition) is 5. The Morgan fingerprint density at radius 1 is 0.293 bits per heavy atom. The maximum absolute atomic E-state index is 2.68. The molecule has 264 valence electrons. The molecule has 0 saturated heterocycles. The van der Waals surface area contributed by atoms with Gasteiger partial charge in [0.2, 0.25) is 0 Å². The van der Waals surface area contributed by atoms with E-state index in [1.807, 2.05) is 0 Å². The van der Waals surface area contributed by atoms with Crippen LogP contribution in [0.1, 0.15) is 16.9 Å². The van der Waals surface area contributed by atoms with Crippen LogP contribution in [0.3, 0.4) is 0 Å². The van der Waals surface area contributed by atoms with Crippen molar-refractivity contribution in [3.05, 3.63) is 181 Å². The zero-order chi connectivity index (χ0) is 37.1. The molecule has 7 heteroatoms. The summed E-state index contributed by atoms with van der Waals surface area (Å²) in [6.07, 6.45) is 0. The third kappa shape index (κ3) is 3.04. The number of rotatable bonds is 0. The quantitative estimate of drug-likeness (QED) is 0.114. The molecule has 0 amide bonds. The van der Waals surface area contributed by atoms with Gasteiger partial charge in [-0.2, -0.15) is 0 Å². The van der Waals surface area contributed by atoms with Crippen molar-refractivity contribution in [3.63, 3.8) is 0 Å². The summed E-state index contributed by atoms with van der Waals surface area (Å²) in [5, 5.41) is 13.2. The molecular formula is C51H29B2N5. The van der Waals surface area contributed by atoms with E-state index >= 15 is 0 Å². The van der Waals surface area contributed by atoms with Crippen LogP contribution in [0.25, 0.3) is 53.9 Å². The SMILES string of the molecule is c1ccc2c(c1)N1B3C(c4cccc5cccc1c45)c1cccc4c1c(cc1cc5c6c(cccc6c14)N1B4N(c6ccccc6N45)c4cccc5cccc1c45)N32. The molecule has 0 N–H and O–H groups in total. The molecule has 16 rings (SSSR count). The molecule has 0 aliphatic carbocycles. The highest BCUT2D eigenvalue weighted by molar-refractivity contribution is 6.81. The molecule has 0 aromatic heterocycles. The van der Waals surface area contributed by atoms with Gasteiger partial charge in [-0.3, -0.25) is 0 Å². The lowest BCUT2D eigenvalue weighted by Crippen LogP contribution is -2.59. The lowest BCUT2D eigenvalue weighted by Gasteiger charge is -2.46. The van der Waals surface area contributed by atoms with Gasteiger partial charge in [0.1, 0.15) is 0 Å². The minimum Gasteiger partial charge on any atom is -0.363 e. The monoisotopic (exact) mass is 733 g/mol. The van der Waals surface area contributed by atoms with Crippen molar-refractivity contribution in [2.75, 3.05) is 24.1 Å². The van der Waals surface area contributed by atoms with E-state index in [2.05, 4.69) is 194 Å². The Labute approximate surface area is 334 Å². The smallest absolute Gasteiger partial charge is 0.363 e. The van der Waals surface area contributed by atoms with Crippen LogP contribution < -0.4 is 24.1 Å². The number of benzene rings is 10. The van der Waals surface area contributed by atoms with Gasteiger partial charge in [-0.25, -0.2) is 0 Å². The summed E-state index contributed by atoms with van der Waals surface area (Å²) in [6, 6.07) is 64.7. The van der Waals surface area contributed by atoms with Gasteiger partial charge in [-0.05, 0) is 104 Å². The Morgan fingerprint density at radius 3 is 1.36 bits per heavy atom. The molecule has 0 bridgehead atoms. The Morgan fingerprint density at radius 2 is 0.707 bits per heavy atom. The number of fused-ring (bicyclic) bond motifs is 17. The van der Waals surface area contributed by atoms with Crippen LogP contribution in [0.4, 0.5) is 56.9 Å². The molecule has 1 atom stereocenters. The fourth-order valence-electron chi connectivity index (χ4n) is 12.5. The lowest BCUT2D eigenvalue weighted by molar-refractivity contribution is 1.07. The zero-order valence-corrected chi connectivity index (χ0v) is 31.1. The molecular weight excluding hydrogens is 704 g/mol. The van der Waals surface area contributed by atoms with E-state index in [1.54, 1.807) is 0 Å². The third-order valence-electron chi connectivity index (χ3n) is 14.4. The van der Waals surface area contributed by atoms with Crippen molar-refractivity contribution in [2.45, 2.75) is 5.82 Å². The van der Waals surface area contributed by atoms with Gasteiger partial charge in [-0.1, -0.05) is 109 Å². The first kappa shape index (κ1) is 29.0. The second kappa shape index (κ2) is 9.59. The first-order chi connectivity index (χ1) is 28.8. The summed E-state index contributed by atoms with van der Waals surface area (Å²) in [5.41, 5.74) is 15.5. The summed E-state index contributed by atoms with van der Waals surface area (Å²) in [5.74, 6) is 0.168. The fourth-order valence-corrected chi connectivity index (χ4v) is 12.5. The molecule has 10 aromatic rings. The summed E-state index contributed by atoms with van der Waals surface area (Å²) < 4.78 is 0. The topological polar surface area (TPSA) is 16.2 Å². The first-order valence-electron chi connectivity index (χ1n) is 20.5. The highest BCUT2D eigenvalue weighted by Crippen LogP contribution is 2.63. The second-order valence-corrected chi connectivity index (χ2v) is 16.8. The largest absolute Gasteiger partial charge is 0.519 e. The van der Waals surface area contributed by atoms with Gasteiger partial charge in [0, 0.05) is 61.5 Å². The van der Waals surface area contributed by atoms with E-state index in [0.717, 1.165) is 0 Å². The van der Waals surface area contributed by atoms with E-state index in [4.69, 9.17) is 0 Å². The van der Waals surface area contributed by atoms with Gasteiger partial charge in [0.05, 0.1) is 22.7 Å². The maximum atomic E-state index is 2.68. The molecule has 5 nitrogen and oxygen atoms in total. The van der Waals surface area contributed by atoms with Crippen LogP contribution in [0.15, 0.2) is 170 Å². The molecule has 0 spiro atoms. The van der Waals surface area contributed by atoms with E-state index in [-0.39, 0.29) is 19.9 Å². The normalized spacial score (nSPS) is 16.9. The van der Waals surface area contributed by atoms with Crippen molar-refractivity contribution in [1.29, 1.82) is 0 Å². The van der Waals surface area contributed by atoms with Gasteiger partial charge < -0.3 is 24.1 Å². The predicted molar refractivity (Wildman–Crippen MR) is 244 cm³/mol. The minimum absolute atomic E-state index is 0.0661. The first-order valence-corrected chi connectivity index (χ1v) is 20.5. The number of hydrogen-bond donors (Lipinski definition) is 0. The van der Waals surface area contributed by atoms with Crippen molar-refractivity contribution in [2.24, 2.45) is 0 Å². The molecule has 6 aliphatic heterocycles. The third-order valence-corrected chi connectivity index (χ3v) is 14.4. The highest BCUT2D eigenvalue weighted by atomic mass is 15.4. The van der Waals surface area contributed by atoms with Crippen molar-refractivity contribution in [3.8, 4) is 0 Å². The Kier molecular flexibility index (Phi) is 4.79. The van der Waals surface area contributed by atoms with E-state index in [1.165, 1.54) is 122 Å². The van der Waals surface area contributed by atoms with Gasteiger partial charge in [-0.15, -0.1) is 0 Å². The summed E-state index contributed by atoms with van der Waals surface area (Å²) >= 11 is 0.